The molecule has 1 heterocycles. The van der Waals surface area contributed by atoms with Gasteiger partial charge in [-0.2, -0.15) is 0 Å². The number of carbonyl (C=O) groups excluding carboxylic acids is 1. The average Bonchev–Trinajstić information content (AvgIpc) is 2.82. The molecule has 0 amide bonds. The van der Waals surface area contributed by atoms with Gasteiger partial charge in [0, 0.05) is 31.5 Å². The Morgan fingerprint density at radius 3 is 2.95 bits per heavy atom. The van der Waals surface area contributed by atoms with E-state index in [1.165, 1.54) is 25.7 Å². The van der Waals surface area contributed by atoms with Gasteiger partial charge in [0.15, 0.2) is 0 Å². The molecule has 3 heteroatoms. The summed E-state index contributed by atoms with van der Waals surface area (Å²) in [5.41, 5.74) is 0. The number of ketones is 1. The molecule has 0 bridgehead atoms. The summed E-state index contributed by atoms with van der Waals surface area (Å²) in [5.74, 6) is 1.92. The second-order valence-electron chi connectivity index (χ2n) is 7.00. The first kappa shape index (κ1) is 13.6. The molecule has 1 aliphatic heterocycles. The van der Waals surface area contributed by atoms with Crippen molar-refractivity contribution >= 4 is 5.78 Å². The lowest BCUT2D eigenvalue weighted by atomic mass is 9.74. The summed E-state index contributed by atoms with van der Waals surface area (Å²) >= 11 is 0. The quantitative estimate of drug-likeness (QED) is 0.768. The number of nitrogens with zero attached hydrogens (tertiary/aromatic N) is 1. The van der Waals surface area contributed by atoms with E-state index in [2.05, 4.69) is 18.7 Å². The summed E-state index contributed by atoms with van der Waals surface area (Å²) in [4.78, 5) is 14.9. The van der Waals surface area contributed by atoms with Crippen LogP contribution in [-0.4, -0.2) is 42.5 Å². The molecule has 0 aromatic carbocycles. The van der Waals surface area contributed by atoms with Gasteiger partial charge in [-0.1, -0.05) is 13.8 Å². The first-order valence-corrected chi connectivity index (χ1v) is 8.03. The summed E-state index contributed by atoms with van der Waals surface area (Å²) in [6, 6.07) is 0.591. The standard InChI is InChI=1S/C16H27NO2/c1-11-8-12(2)13(15(18)9-11)10-17-6-7-19-16-5-3-4-14(16)17/h11-14,16H,3-10H2,1-2H3. The molecule has 0 spiro atoms. The molecule has 0 aromatic heterocycles. The highest BCUT2D eigenvalue weighted by molar-refractivity contribution is 5.82. The molecule has 2 aliphatic carbocycles. The zero-order valence-electron chi connectivity index (χ0n) is 12.3. The van der Waals surface area contributed by atoms with Crippen LogP contribution in [0, 0.1) is 17.8 Å². The van der Waals surface area contributed by atoms with Gasteiger partial charge in [-0.3, -0.25) is 9.69 Å². The molecule has 108 valence electrons. The van der Waals surface area contributed by atoms with Crippen LogP contribution in [0.2, 0.25) is 0 Å². The maximum absolute atomic E-state index is 12.3. The lowest BCUT2D eigenvalue weighted by Crippen LogP contribution is -2.52. The maximum atomic E-state index is 12.3. The van der Waals surface area contributed by atoms with Gasteiger partial charge in [-0.25, -0.2) is 0 Å². The molecule has 1 saturated heterocycles. The fraction of sp³-hybridized carbons (Fsp3) is 0.938. The number of carbonyl (C=O) groups is 1. The normalized spacial score (nSPS) is 44.3. The minimum Gasteiger partial charge on any atom is -0.375 e. The number of Topliss-reactive ketones (excluding diaryl/α,β-unsaturated/α-hetero) is 1. The number of fused-ring (bicyclic) bond motifs is 1. The van der Waals surface area contributed by atoms with Gasteiger partial charge in [-0.15, -0.1) is 0 Å². The first-order chi connectivity index (χ1) is 9.15. The third kappa shape index (κ3) is 2.73. The van der Waals surface area contributed by atoms with Crippen molar-refractivity contribution in [1.82, 2.24) is 4.90 Å². The summed E-state index contributed by atoms with van der Waals surface area (Å²) in [6.07, 6.45) is 6.23. The van der Waals surface area contributed by atoms with Crippen molar-refractivity contribution in [3.63, 3.8) is 0 Å². The Kier molecular flexibility index (Phi) is 3.95. The van der Waals surface area contributed by atoms with Crippen LogP contribution in [0.1, 0.15) is 46.0 Å². The van der Waals surface area contributed by atoms with Crippen LogP contribution < -0.4 is 0 Å². The van der Waals surface area contributed by atoms with E-state index in [4.69, 9.17) is 4.74 Å². The van der Waals surface area contributed by atoms with Gasteiger partial charge < -0.3 is 4.74 Å². The SMILES string of the molecule is CC1CC(=O)C(CN2CCOC3CCCC32)C(C)C1. The minimum absolute atomic E-state index is 0.274. The molecular formula is C16H27NO2. The van der Waals surface area contributed by atoms with Crippen LogP contribution in [0.25, 0.3) is 0 Å². The molecule has 2 saturated carbocycles. The maximum Gasteiger partial charge on any atom is 0.137 e. The van der Waals surface area contributed by atoms with Crippen LogP contribution in [0.15, 0.2) is 0 Å². The zero-order chi connectivity index (χ0) is 13.4. The number of hydrogen-bond acceptors (Lipinski definition) is 3. The highest BCUT2D eigenvalue weighted by Crippen LogP contribution is 2.35. The van der Waals surface area contributed by atoms with Gasteiger partial charge in [0.2, 0.25) is 0 Å². The number of rotatable bonds is 2. The van der Waals surface area contributed by atoms with Crippen LogP contribution in [-0.2, 0) is 9.53 Å². The van der Waals surface area contributed by atoms with E-state index in [-0.39, 0.29) is 5.92 Å². The van der Waals surface area contributed by atoms with E-state index in [1.54, 1.807) is 0 Å². The predicted molar refractivity (Wildman–Crippen MR) is 75.0 cm³/mol. The molecule has 3 aliphatic rings. The fourth-order valence-corrected chi connectivity index (χ4v) is 4.46. The van der Waals surface area contributed by atoms with Crippen LogP contribution >= 0.6 is 0 Å². The summed E-state index contributed by atoms with van der Waals surface area (Å²) in [6.45, 7) is 7.34. The lowest BCUT2D eigenvalue weighted by Gasteiger charge is -2.41. The monoisotopic (exact) mass is 265 g/mol. The second kappa shape index (κ2) is 5.53. The topological polar surface area (TPSA) is 29.5 Å². The molecule has 3 rings (SSSR count). The first-order valence-electron chi connectivity index (χ1n) is 8.03. The third-order valence-corrected chi connectivity index (χ3v) is 5.45. The largest absolute Gasteiger partial charge is 0.375 e. The van der Waals surface area contributed by atoms with Crippen molar-refractivity contribution in [1.29, 1.82) is 0 Å². The van der Waals surface area contributed by atoms with E-state index in [0.717, 1.165) is 26.1 Å². The summed E-state index contributed by atoms with van der Waals surface area (Å²) < 4.78 is 5.87. The van der Waals surface area contributed by atoms with E-state index in [1.807, 2.05) is 0 Å². The molecule has 3 fully saturated rings. The van der Waals surface area contributed by atoms with Crippen molar-refractivity contribution in [3.05, 3.63) is 0 Å². The van der Waals surface area contributed by atoms with Gasteiger partial charge >= 0.3 is 0 Å². The molecule has 5 unspecified atom stereocenters. The Labute approximate surface area is 116 Å². The second-order valence-corrected chi connectivity index (χ2v) is 7.00. The van der Waals surface area contributed by atoms with Crippen molar-refractivity contribution < 1.29 is 9.53 Å². The van der Waals surface area contributed by atoms with Crippen LogP contribution in [0.3, 0.4) is 0 Å². The molecule has 19 heavy (non-hydrogen) atoms. The van der Waals surface area contributed by atoms with Gasteiger partial charge in [0.05, 0.1) is 12.7 Å². The van der Waals surface area contributed by atoms with Crippen molar-refractivity contribution in [2.45, 2.75) is 58.1 Å². The van der Waals surface area contributed by atoms with Gasteiger partial charge in [0.25, 0.3) is 0 Å². The Morgan fingerprint density at radius 2 is 2.16 bits per heavy atom. The van der Waals surface area contributed by atoms with E-state index in [0.29, 0.717) is 29.8 Å². The Hall–Kier alpha value is -0.410. The predicted octanol–water partition coefficient (Wildman–Crippen LogP) is 2.49. The van der Waals surface area contributed by atoms with Crippen LogP contribution in [0.5, 0.6) is 0 Å². The summed E-state index contributed by atoms with van der Waals surface area (Å²) in [7, 11) is 0. The van der Waals surface area contributed by atoms with E-state index < -0.39 is 0 Å². The molecule has 3 nitrogen and oxygen atoms in total. The average molecular weight is 265 g/mol. The van der Waals surface area contributed by atoms with Gasteiger partial charge in [0.1, 0.15) is 5.78 Å². The number of hydrogen-bond donors (Lipinski definition) is 0. The van der Waals surface area contributed by atoms with Gasteiger partial charge in [-0.05, 0) is 37.5 Å². The Morgan fingerprint density at radius 1 is 1.32 bits per heavy atom. The Balaban J connectivity index is 1.65. The zero-order valence-corrected chi connectivity index (χ0v) is 12.3. The molecule has 0 N–H and O–H groups in total. The molecule has 0 radical (unpaired) electrons. The fourth-order valence-electron chi connectivity index (χ4n) is 4.46. The summed E-state index contributed by atoms with van der Waals surface area (Å²) in [5, 5.41) is 0. The molecule has 5 atom stereocenters. The minimum atomic E-state index is 0.274. The van der Waals surface area contributed by atoms with E-state index >= 15 is 0 Å². The molecule has 0 aromatic rings. The Bertz CT molecular complexity index is 344. The van der Waals surface area contributed by atoms with E-state index in [9.17, 15) is 4.79 Å². The lowest BCUT2D eigenvalue weighted by molar-refractivity contribution is -0.131. The van der Waals surface area contributed by atoms with Crippen LogP contribution in [0.4, 0.5) is 0 Å². The number of ether oxygens (including phenoxy) is 1. The number of morpholine rings is 1. The van der Waals surface area contributed by atoms with Crippen molar-refractivity contribution in [2.75, 3.05) is 19.7 Å². The highest BCUT2D eigenvalue weighted by Gasteiger charge is 2.40. The van der Waals surface area contributed by atoms with Crippen molar-refractivity contribution in [3.8, 4) is 0 Å². The molecular weight excluding hydrogens is 238 g/mol. The smallest absolute Gasteiger partial charge is 0.137 e. The van der Waals surface area contributed by atoms with Crippen molar-refractivity contribution in [2.24, 2.45) is 17.8 Å². The highest BCUT2D eigenvalue weighted by atomic mass is 16.5. The third-order valence-electron chi connectivity index (χ3n) is 5.45.